The van der Waals surface area contributed by atoms with Gasteiger partial charge in [0.15, 0.2) is 11.4 Å². The van der Waals surface area contributed by atoms with Crippen LogP contribution in [0.4, 0.5) is 5.69 Å². The molecule has 4 aromatic rings. The topological polar surface area (TPSA) is 21.4 Å². The van der Waals surface area contributed by atoms with Crippen LogP contribution in [0, 0.1) is 26.3 Å². The summed E-state index contributed by atoms with van der Waals surface area (Å²) in [4.78, 5) is 3.52. The molecule has 0 amide bonds. The van der Waals surface area contributed by atoms with Crippen molar-refractivity contribution in [3.8, 4) is 11.3 Å². The van der Waals surface area contributed by atoms with Crippen LogP contribution < -0.4 is 4.57 Å². The van der Waals surface area contributed by atoms with Gasteiger partial charge in [-0.15, -0.1) is 0 Å². The van der Waals surface area contributed by atoms with Crippen molar-refractivity contribution in [3.63, 3.8) is 0 Å². The highest BCUT2D eigenvalue weighted by Crippen LogP contribution is 2.41. The van der Waals surface area contributed by atoms with Crippen molar-refractivity contribution in [2.24, 2.45) is 13.0 Å². The Balaban J connectivity index is 2.09. The summed E-state index contributed by atoms with van der Waals surface area (Å²) in [6.07, 6.45) is -1.53. The number of fused-ring (bicyclic) bond motifs is 3. The van der Waals surface area contributed by atoms with Crippen molar-refractivity contribution in [3.05, 3.63) is 70.2 Å². The molecule has 1 unspecified atom stereocenters. The van der Waals surface area contributed by atoms with Crippen molar-refractivity contribution < 1.29 is 17.2 Å². The van der Waals surface area contributed by atoms with Crippen LogP contribution in [0.2, 0.25) is 0 Å². The van der Waals surface area contributed by atoms with Gasteiger partial charge < -0.3 is 4.42 Å². The minimum absolute atomic E-state index is 0.0759. The van der Waals surface area contributed by atoms with Gasteiger partial charge in [0.2, 0.25) is 5.69 Å². The van der Waals surface area contributed by atoms with Crippen molar-refractivity contribution in [1.29, 1.82) is 0 Å². The summed E-state index contributed by atoms with van der Waals surface area (Å²) in [6, 6.07) is 10.7. The van der Waals surface area contributed by atoms with Gasteiger partial charge >= 0.3 is 0 Å². The highest BCUT2D eigenvalue weighted by atomic mass is 16.3. The summed E-state index contributed by atoms with van der Waals surface area (Å²) in [5, 5.41) is 1.37. The minimum atomic E-state index is -2.62. The molecule has 3 nitrogen and oxygen atoms in total. The molecule has 0 aliphatic heterocycles. The van der Waals surface area contributed by atoms with E-state index in [4.69, 9.17) is 19.2 Å². The Morgan fingerprint density at radius 3 is 2.61 bits per heavy atom. The molecule has 2 aromatic carbocycles. The van der Waals surface area contributed by atoms with Gasteiger partial charge in [0.25, 0.3) is 0 Å². The van der Waals surface area contributed by atoms with Crippen LogP contribution in [0.25, 0.3) is 38.0 Å². The van der Waals surface area contributed by atoms with Crippen LogP contribution in [0.1, 0.15) is 64.1 Å². The number of benzene rings is 2. The molecule has 1 atom stereocenters. The fourth-order valence-electron chi connectivity index (χ4n) is 4.14. The summed E-state index contributed by atoms with van der Waals surface area (Å²) in [5.74, 6) is -2.20. The highest BCUT2D eigenvalue weighted by Gasteiger charge is 2.23. The standard InChI is InChI=1S/C28H31N2O/c1-16(2)11-20-12-19(6)30(8)25(13-20)27-18(5)9-10-21-23-14-22(17(3)4)24(29-7)15-26(23)31-28(21)27/h9-10,12-17H,11H2,1-6,8H3/q+1/i3D3,11D2,17D. The van der Waals surface area contributed by atoms with Crippen LogP contribution in [-0.2, 0) is 13.4 Å². The zero-order valence-corrected chi connectivity index (χ0v) is 18.8. The predicted molar refractivity (Wildman–Crippen MR) is 129 cm³/mol. The molecule has 0 saturated heterocycles. The molecule has 0 aliphatic carbocycles. The first kappa shape index (κ1) is 14.8. The van der Waals surface area contributed by atoms with E-state index < -0.39 is 19.1 Å². The van der Waals surface area contributed by atoms with E-state index in [-0.39, 0.29) is 17.2 Å². The second-order valence-corrected chi connectivity index (χ2v) is 8.47. The van der Waals surface area contributed by atoms with Crippen LogP contribution in [0.15, 0.2) is 40.8 Å². The van der Waals surface area contributed by atoms with E-state index in [0.717, 1.165) is 27.9 Å². The Morgan fingerprint density at radius 2 is 1.94 bits per heavy atom. The second-order valence-electron chi connectivity index (χ2n) is 8.47. The largest absolute Gasteiger partial charge is 0.456 e. The number of pyridine rings is 1. The molecule has 0 aliphatic rings. The van der Waals surface area contributed by atoms with Crippen LogP contribution in [-0.4, -0.2) is 0 Å². The summed E-state index contributed by atoms with van der Waals surface area (Å²) in [5.41, 5.74) is 5.22. The van der Waals surface area contributed by atoms with E-state index in [0.29, 0.717) is 22.1 Å². The highest BCUT2D eigenvalue weighted by molar-refractivity contribution is 6.10. The molecule has 0 radical (unpaired) electrons. The molecule has 3 heteroatoms. The van der Waals surface area contributed by atoms with Gasteiger partial charge in [-0.05, 0) is 47.9 Å². The Labute approximate surface area is 193 Å². The van der Waals surface area contributed by atoms with Crippen molar-refractivity contribution >= 4 is 27.6 Å². The first-order valence-corrected chi connectivity index (χ1v) is 10.4. The fraction of sp³-hybridized carbons (Fsp3) is 0.357. The number of aromatic nitrogens is 1. The second kappa shape index (κ2) is 7.85. The van der Waals surface area contributed by atoms with E-state index in [1.807, 2.05) is 63.6 Å². The minimum Gasteiger partial charge on any atom is -0.456 e. The lowest BCUT2D eigenvalue weighted by molar-refractivity contribution is -0.666. The average molecular weight is 418 g/mol. The number of aryl methyl sites for hydroxylation is 2. The number of rotatable bonds is 4. The molecule has 0 spiro atoms. The van der Waals surface area contributed by atoms with Gasteiger partial charge in [-0.25, -0.2) is 4.85 Å². The van der Waals surface area contributed by atoms with Gasteiger partial charge in [-0.3, -0.25) is 0 Å². The molecule has 158 valence electrons. The Morgan fingerprint density at radius 1 is 1.16 bits per heavy atom. The Hall–Kier alpha value is -3.12. The van der Waals surface area contributed by atoms with Gasteiger partial charge in [-0.2, -0.15) is 4.57 Å². The van der Waals surface area contributed by atoms with E-state index in [1.54, 1.807) is 6.07 Å². The van der Waals surface area contributed by atoms with Crippen molar-refractivity contribution in [1.82, 2.24) is 0 Å². The number of nitrogens with zero attached hydrogens (tertiary/aromatic N) is 2. The Bertz CT molecular complexity index is 1590. The molecule has 0 N–H and O–H groups in total. The molecule has 0 saturated carbocycles. The fourth-order valence-corrected chi connectivity index (χ4v) is 4.14. The molecule has 2 aromatic heterocycles. The van der Waals surface area contributed by atoms with Crippen LogP contribution in [0.3, 0.4) is 0 Å². The van der Waals surface area contributed by atoms with E-state index in [1.165, 1.54) is 13.0 Å². The maximum absolute atomic E-state index is 8.67. The molecule has 2 heterocycles. The zero-order chi connectivity index (χ0) is 27.7. The maximum atomic E-state index is 8.67. The molecule has 31 heavy (non-hydrogen) atoms. The van der Waals surface area contributed by atoms with Gasteiger partial charge in [0.05, 0.1) is 12.1 Å². The van der Waals surface area contributed by atoms with Crippen molar-refractivity contribution in [2.45, 2.75) is 53.7 Å². The van der Waals surface area contributed by atoms with Crippen LogP contribution in [0.5, 0.6) is 0 Å². The quantitative estimate of drug-likeness (QED) is 0.248. The maximum Gasteiger partial charge on any atom is 0.216 e. The van der Waals surface area contributed by atoms with E-state index in [2.05, 4.69) is 4.85 Å². The molecule has 0 fully saturated rings. The Kier molecular flexibility index (Phi) is 3.75. The summed E-state index contributed by atoms with van der Waals surface area (Å²) >= 11 is 0. The number of hydrogen-bond acceptors (Lipinski definition) is 1. The summed E-state index contributed by atoms with van der Waals surface area (Å²) in [7, 11) is 1.93. The average Bonchev–Trinajstić information content (AvgIpc) is 3.16. The molecule has 4 rings (SSSR count). The number of hydrogen-bond donors (Lipinski definition) is 0. The zero-order valence-electron chi connectivity index (χ0n) is 24.8. The summed E-state index contributed by atoms with van der Waals surface area (Å²) < 4.78 is 57.9. The third-order valence-corrected chi connectivity index (χ3v) is 5.75. The third kappa shape index (κ3) is 3.61. The number of furan rings is 1. The SMILES string of the molecule is [2H]C([2H])(c1cc(C)[n+](C)c(-c2c(C)ccc3c2oc2cc([N+]#[C-])c(C([2H])(C)C([2H])([2H])[2H])cc23)c1)C(C)C. The first-order valence-electron chi connectivity index (χ1n) is 13.4. The third-order valence-electron chi connectivity index (χ3n) is 5.75. The van der Waals surface area contributed by atoms with Crippen LogP contribution >= 0.6 is 0 Å². The molecule has 0 bridgehead atoms. The first-order chi connectivity index (χ1) is 17.0. The lowest BCUT2D eigenvalue weighted by Crippen LogP contribution is -2.35. The predicted octanol–water partition coefficient (Wildman–Crippen LogP) is 7.57. The van der Waals surface area contributed by atoms with Crippen molar-refractivity contribution in [2.75, 3.05) is 0 Å². The lowest BCUT2D eigenvalue weighted by atomic mass is 9.95. The van der Waals surface area contributed by atoms with Gasteiger partial charge in [0.1, 0.15) is 18.2 Å². The molecular formula is C28H31N2O+. The van der Waals surface area contributed by atoms with Gasteiger partial charge in [-0.1, -0.05) is 45.8 Å². The van der Waals surface area contributed by atoms with E-state index >= 15 is 0 Å². The lowest BCUT2D eigenvalue weighted by Gasteiger charge is -2.11. The smallest absolute Gasteiger partial charge is 0.216 e. The summed E-state index contributed by atoms with van der Waals surface area (Å²) in [6.45, 7) is 13.9. The molecular weight excluding hydrogens is 380 g/mol. The van der Waals surface area contributed by atoms with E-state index in [9.17, 15) is 0 Å². The normalized spacial score (nSPS) is 17.4. The monoisotopic (exact) mass is 417 g/mol. The van der Waals surface area contributed by atoms with Gasteiger partial charge in [0, 0.05) is 38.1 Å².